The second-order valence-electron chi connectivity index (χ2n) is 4.04. The molecule has 0 aliphatic heterocycles. The molecule has 6 nitrogen and oxygen atoms in total. The fourth-order valence-electron chi connectivity index (χ4n) is 1.53. The highest BCUT2D eigenvalue weighted by molar-refractivity contribution is 7.92. The maximum Gasteiger partial charge on any atom is 0.280 e. The van der Waals surface area contributed by atoms with Gasteiger partial charge < -0.3 is 10.3 Å². The molecule has 0 fully saturated rings. The maximum absolute atomic E-state index is 13.2. The number of nitrogens with two attached hydrogens (primary N) is 1. The van der Waals surface area contributed by atoms with Crippen LogP contribution in [0.3, 0.4) is 0 Å². The van der Waals surface area contributed by atoms with Crippen molar-refractivity contribution in [2.45, 2.75) is 5.03 Å². The lowest BCUT2D eigenvalue weighted by molar-refractivity contribution is 0.598. The quantitative estimate of drug-likeness (QED) is 0.822. The molecular weight excluding hydrogens is 303 g/mol. The SMILES string of the molecule is Cn1cnc(S(=O)(=O)Nc2ccc(F)cc2C(N)=S)c1. The molecule has 20 heavy (non-hydrogen) atoms. The Morgan fingerprint density at radius 2 is 2.20 bits per heavy atom. The lowest BCUT2D eigenvalue weighted by atomic mass is 10.2. The molecule has 0 aliphatic carbocycles. The highest BCUT2D eigenvalue weighted by Crippen LogP contribution is 2.20. The van der Waals surface area contributed by atoms with Gasteiger partial charge in [0.15, 0.2) is 5.03 Å². The minimum absolute atomic E-state index is 0.101. The molecule has 0 saturated carbocycles. The van der Waals surface area contributed by atoms with E-state index in [9.17, 15) is 12.8 Å². The fraction of sp³-hybridized carbons (Fsp3) is 0.0909. The molecule has 106 valence electrons. The number of halogens is 1. The number of thiocarbonyl (C=S) groups is 1. The number of rotatable bonds is 4. The van der Waals surface area contributed by atoms with E-state index in [4.69, 9.17) is 18.0 Å². The molecule has 0 spiro atoms. The average Bonchev–Trinajstić information content (AvgIpc) is 2.78. The van der Waals surface area contributed by atoms with Crippen LogP contribution in [0.5, 0.6) is 0 Å². The highest BCUT2D eigenvalue weighted by atomic mass is 32.2. The van der Waals surface area contributed by atoms with Crippen LogP contribution < -0.4 is 10.5 Å². The highest BCUT2D eigenvalue weighted by Gasteiger charge is 2.19. The van der Waals surface area contributed by atoms with Gasteiger partial charge in [0.2, 0.25) is 0 Å². The molecule has 0 aliphatic rings. The monoisotopic (exact) mass is 314 g/mol. The van der Waals surface area contributed by atoms with E-state index in [1.165, 1.54) is 23.2 Å². The Morgan fingerprint density at radius 3 is 2.75 bits per heavy atom. The van der Waals surface area contributed by atoms with Crippen molar-refractivity contribution in [2.75, 3.05) is 4.72 Å². The summed E-state index contributed by atoms with van der Waals surface area (Å²) in [5.41, 5.74) is 5.67. The number of nitrogens with zero attached hydrogens (tertiary/aromatic N) is 2. The lowest BCUT2D eigenvalue weighted by Gasteiger charge is -2.10. The summed E-state index contributed by atoms with van der Waals surface area (Å²) in [7, 11) is -2.24. The Labute approximate surface area is 120 Å². The first kappa shape index (κ1) is 14.4. The number of hydrogen-bond donors (Lipinski definition) is 2. The Kier molecular flexibility index (Phi) is 3.73. The van der Waals surface area contributed by atoms with Gasteiger partial charge in [0.1, 0.15) is 10.8 Å². The summed E-state index contributed by atoms with van der Waals surface area (Å²) >= 11 is 4.78. The standard InChI is InChI=1S/C11H11FN4O2S2/c1-16-5-10(14-6-16)20(17,18)15-9-3-2-7(12)4-8(9)11(13)19/h2-6,15H,1H3,(H2,13,19). The van der Waals surface area contributed by atoms with E-state index in [-0.39, 0.29) is 21.3 Å². The molecule has 0 atom stereocenters. The van der Waals surface area contributed by atoms with Crippen LogP contribution in [0, 0.1) is 5.82 Å². The molecule has 2 aromatic rings. The van der Waals surface area contributed by atoms with Crippen LogP contribution in [0.4, 0.5) is 10.1 Å². The summed E-state index contributed by atoms with van der Waals surface area (Å²) in [6, 6.07) is 3.43. The number of aryl methyl sites for hydroxylation is 1. The van der Waals surface area contributed by atoms with Gasteiger partial charge in [0.05, 0.1) is 12.0 Å². The van der Waals surface area contributed by atoms with Crippen LogP contribution in [0.25, 0.3) is 0 Å². The molecule has 9 heteroatoms. The van der Waals surface area contributed by atoms with Crippen molar-refractivity contribution in [3.63, 3.8) is 0 Å². The van der Waals surface area contributed by atoms with Crippen molar-refractivity contribution in [1.29, 1.82) is 0 Å². The molecule has 2 rings (SSSR count). The van der Waals surface area contributed by atoms with E-state index in [0.717, 1.165) is 12.1 Å². The van der Waals surface area contributed by atoms with Crippen molar-refractivity contribution in [3.8, 4) is 0 Å². The Hall–Kier alpha value is -2.00. The normalized spacial score (nSPS) is 11.3. The van der Waals surface area contributed by atoms with Crippen LogP contribution in [0.15, 0.2) is 35.7 Å². The number of imidazole rings is 1. The van der Waals surface area contributed by atoms with Crippen LogP contribution >= 0.6 is 12.2 Å². The topological polar surface area (TPSA) is 90.0 Å². The van der Waals surface area contributed by atoms with Crippen LogP contribution in [-0.4, -0.2) is 23.0 Å². The van der Waals surface area contributed by atoms with Gasteiger partial charge >= 0.3 is 0 Å². The van der Waals surface area contributed by atoms with Gasteiger partial charge in [-0.3, -0.25) is 4.72 Å². The van der Waals surface area contributed by atoms with Crippen LogP contribution in [0.1, 0.15) is 5.56 Å². The van der Waals surface area contributed by atoms with Crippen molar-refractivity contribution >= 4 is 32.9 Å². The molecule has 3 N–H and O–H groups in total. The molecule has 1 aromatic heterocycles. The van der Waals surface area contributed by atoms with Gasteiger partial charge in [-0.2, -0.15) is 8.42 Å². The summed E-state index contributed by atoms with van der Waals surface area (Å²) in [6.07, 6.45) is 2.69. The predicted molar refractivity (Wildman–Crippen MR) is 76.3 cm³/mol. The molecule has 0 amide bonds. The minimum Gasteiger partial charge on any atom is -0.389 e. The van der Waals surface area contributed by atoms with E-state index in [1.807, 2.05) is 0 Å². The van der Waals surface area contributed by atoms with E-state index < -0.39 is 15.8 Å². The van der Waals surface area contributed by atoms with E-state index in [2.05, 4.69) is 9.71 Å². The summed E-state index contributed by atoms with van der Waals surface area (Å²) in [5.74, 6) is -0.561. The Balaban J connectivity index is 2.42. The van der Waals surface area contributed by atoms with Crippen molar-refractivity contribution in [2.24, 2.45) is 12.8 Å². The number of sulfonamides is 1. The third-order valence-corrected chi connectivity index (χ3v) is 3.92. The van der Waals surface area contributed by atoms with Gasteiger partial charge in [-0.15, -0.1) is 0 Å². The molecule has 0 unspecified atom stereocenters. The third kappa shape index (κ3) is 2.94. The molecule has 1 heterocycles. The molecular formula is C11H11FN4O2S2. The number of aromatic nitrogens is 2. The van der Waals surface area contributed by atoms with Crippen LogP contribution in [0.2, 0.25) is 0 Å². The zero-order valence-electron chi connectivity index (χ0n) is 10.4. The lowest BCUT2D eigenvalue weighted by Crippen LogP contribution is -2.18. The zero-order valence-corrected chi connectivity index (χ0v) is 12.0. The van der Waals surface area contributed by atoms with Crippen molar-refractivity contribution in [3.05, 3.63) is 42.1 Å². The first-order chi connectivity index (χ1) is 9.29. The molecule has 0 saturated heterocycles. The fourth-order valence-corrected chi connectivity index (χ4v) is 2.77. The van der Waals surface area contributed by atoms with E-state index in [1.54, 1.807) is 7.05 Å². The van der Waals surface area contributed by atoms with Crippen molar-refractivity contribution < 1.29 is 12.8 Å². The minimum atomic E-state index is -3.88. The Bertz CT molecular complexity index is 770. The number of nitrogens with one attached hydrogen (secondary N) is 1. The molecule has 0 radical (unpaired) electrons. The van der Waals surface area contributed by atoms with Gasteiger partial charge in [0.25, 0.3) is 10.0 Å². The zero-order chi connectivity index (χ0) is 14.9. The second kappa shape index (κ2) is 5.17. The first-order valence-corrected chi connectivity index (χ1v) is 7.29. The summed E-state index contributed by atoms with van der Waals surface area (Å²) < 4.78 is 41.2. The van der Waals surface area contributed by atoms with Gasteiger partial charge in [0, 0.05) is 18.8 Å². The summed E-state index contributed by atoms with van der Waals surface area (Å²) in [4.78, 5) is 3.64. The number of benzene rings is 1. The maximum atomic E-state index is 13.2. The predicted octanol–water partition coefficient (Wildman–Crippen LogP) is 0.994. The average molecular weight is 314 g/mol. The summed E-state index contributed by atoms with van der Waals surface area (Å²) in [5, 5.41) is -0.154. The Morgan fingerprint density at radius 1 is 1.50 bits per heavy atom. The first-order valence-electron chi connectivity index (χ1n) is 5.40. The molecule has 1 aromatic carbocycles. The van der Waals surface area contributed by atoms with Crippen LogP contribution in [-0.2, 0) is 17.1 Å². The second-order valence-corrected chi connectivity index (χ2v) is 6.11. The number of anilines is 1. The largest absolute Gasteiger partial charge is 0.389 e. The third-order valence-electron chi connectivity index (χ3n) is 2.45. The van der Waals surface area contributed by atoms with Gasteiger partial charge in [-0.1, -0.05) is 12.2 Å². The van der Waals surface area contributed by atoms with E-state index >= 15 is 0 Å². The number of hydrogen-bond acceptors (Lipinski definition) is 4. The van der Waals surface area contributed by atoms with E-state index in [0.29, 0.717) is 0 Å². The van der Waals surface area contributed by atoms with Gasteiger partial charge in [-0.05, 0) is 18.2 Å². The summed E-state index contributed by atoms with van der Waals surface area (Å²) in [6.45, 7) is 0. The van der Waals surface area contributed by atoms with Gasteiger partial charge in [-0.25, -0.2) is 9.37 Å². The smallest absolute Gasteiger partial charge is 0.280 e. The molecule has 0 bridgehead atoms. The van der Waals surface area contributed by atoms with Crippen molar-refractivity contribution in [1.82, 2.24) is 9.55 Å².